The Morgan fingerprint density at radius 3 is 2.50 bits per heavy atom. The Balaban J connectivity index is 1.51. The van der Waals surface area contributed by atoms with Crippen molar-refractivity contribution in [3.63, 3.8) is 0 Å². The predicted molar refractivity (Wildman–Crippen MR) is 105 cm³/mol. The summed E-state index contributed by atoms with van der Waals surface area (Å²) in [5, 5.41) is 0. The smallest absolute Gasteiger partial charge is 0.240 e. The highest BCUT2D eigenvalue weighted by Gasteiger charge is 2.27. The van der Waals surface area contributed by atoms with Crippen LogP contribution >= 0.6 is 0 Å². The van der Waals surface area contributed by atoms with E-state index in [1.54, 1.807) is 0 Å². The number of hydrogen-bond acceptors (Lipinski definition) is 3. The summed E-state index contributed by atoms with van der Waals surface area (Å²) in [6, 6.07) is 19.1. The quantitative estimate of drug-likeness (QED) is 0.693. The maximum atomic E-state index is 13.1. The summed E-state index contributed by atoms with van der Waals surface area (Å²) in [5.41, 5.74) is 2.41. The lowest BCUT2D eigenvalue weighted by molar-refractivity contribution is 0.133. The fourth-order valence-corrected chi connectivity index (χ4v) is 4.62. The van der Waals surface area contributed by atoms with Gasteiger partial charge >= 0.3 is 0 Å². The highest BCUT2D eigenvalue weighted by molar-refractivity contribution is 7.89. The lowest BCUT2D eigenvalue weighted by Gasteiger charge is -2.37. The molecule has 0 bridgehead atoms. The molecule has 0 saturated carbocycles. The fourth-order valence-electron chi connectivity index (χ4n) is 3.55. The van der Waals surface area contributed by atoms with Crippen LogP contribution in [0.5, 0.6) is 0 Å². The first-order valence-electron chi connectivity index (χ1n) is 9.18. The zero-order valence-electron chi connectivity index (χ0n) is 15.3. The second-order valence-electron chi connectivity index (χ2n) is 7.00. The van der Waals surface area contributed by atoms with Crippen molar-refractivity contribution < 1.29 is 12.8 Å². The van der Waals surface area contributed by atoms with Crippen molar-refractivity contribution in [1.29, 1.82) is 0 Å². The number of sulfonamides is 1. The zero-order valence-corrected chi connectivity index (χ0v) is 16.1. The topological polar surface area (TPSA) is 54.3 Å². The number of aromatic nitrogens is 1. The third-order valence-corrected chi connectivity index (χ3v) is 6.51. The van der Waals surface area contributed by atoms with Gasteiger partial charge in [-0.3, -0.25) is 4.90 Å². The van der Waals surface area contributed by atoms with Crippen molar-refractivity contribution in [2.75, 3.05) is 6.54 Å². The monoisotopic (exact) mass is 399 g/mol. The second-order valence-corrected chi connectivity index (χ2v) is 8.77. The Hall–Kier alpha value is -2.48. The third kappa shape index (κ3) is 4.16. The van der Waals surface area contributed by atoms with E-state index in [9.17, 15) is 12.8 Å². The van der Waals surface area contributed by atoms with E-state index >= 15 is 0 Å². The van der Waals surface area contributed by atoms with Gasteiger partial charge in [-0.15, -0.1) is 0 Å². The van der Waals surface area contributed by atoms with Crippen LogP contribution in [0.1, 0.15) is 11.3 Å². The summed E-state index contributed by atoms with van der Waals surface area (Å²) < 4.78 is 43.1. The molecule has 2 aromatic carbocycles. The van der Waals surface area contributed by atoms with E-state index in [4.69, 9.17) is 0 Å². The van der Waals surface area contributed by atoms with Gasteiger partial charge in [0.2, 0.25) is 10.0 Å². The predicted octanol–water partition coefficient (Wildman–Crippen LogP) is 2.99. The minimum atomic E-state index is -3.69. The Labute approximate surface area is 164 Å². The Bertz CT molecular complexity index is 1030. The number of nitrogens with zero attached hydrogens (tertiary/aromatic N) is 2. The normalized spacial score (nSPS) is 17.4. The summed E-state index contributed by atoms with van der Waals surface area (Å²) >= 11 is 0. The molecule has 1 atom stereocenters. The molecule has 5 nitrogen and oxygen atoms in total. The highest BCUT2D eigenvalue weighted by atomic mass is 32.2. The van der Waals surface area contributed by atoms with Gasteiger partial charge in [0.15, 0.2) is 0 Å². The standard InChI is InChI=1S/C21H22FN3O2S/c22-18-8-10-21(11-9-18)28(26,27)23-13-20-16-24-12-4-7-19(24)15-25(20)14-17-5-2-1-3-6-17/h1-12,20,23H,13-16H2. The van der Waals surface area contributed by atoms with Gasteiger partial charge in [0.25, 0.3) is 0 Å². The largest absolute Gasteiger partial charge is 0.349 e. The Kier molecular flexibility index (Phi) is 5.30. The van der Waals surface area contributed by atoms with E-state index in [-0.39, 0.29) is 17.5 Å². The van der Waals surface area contributed by atoms with Crippen LogP contribution in [0.3, 0.4) is 0 Å². The summed E-state index contributed by atoms with van der Waals surface area (Å²) in [5.74, 6) is -0.458. The molecule has 1 N–H and O–H groups in total. The van der Waals surface area contributed by atoms with E-state index in [1.807, 2.05) is 30.5 Å². The third-order valence-electron chi connectivity index (χ3n) is 5.07. The van der Waals surface area contributed by atoms with E-state index in [2.05, 4.69) is 32.4 Å². The van der Waals surface area contributed by atoms with Crippen molar-refractivity contribution in [3.8, 4) is 0 Å². The number of fused-ring (bicyclic) bond motifs is 1. The maximum absolute atomic E-state index is 13.1. The summed E-state index contributed by atoms with van der Waals surface area (Å²) in [6.45, 7) is 2.49. The number of halogens is 1. The Morgan fingerprint density at radius 1 is 1.00 bits per heavy atom. The molecule has 1 aliphatic heterocycles. The van der Waals surface area contributed by atoms with Gasteiger partial charge in [-0.25, -0.2) is 17.5 Å². The van der Waals surface area contributed by atoms with Gasteiger partial charge in [0.05, 0.1) is 4.90 Å². The maximum Gasteiger partial charge on any atom is 0.240 e. The zero-order chi connectivity index (χ0) is 19.6. The van der Waals surface area contributed by atoms with E-state index in [0.29, 0.717) is 6.54 Å². The van der Waals surface area contributed by atoms with Crippen molar-refractivity contribution in [2.45, 2.75) is 30.6 Å². The lowest BCUT2D eigenvalue weighted by atomic mass is 10.1. The molecule has 4 rings (SSSR count). The van der Waals surface area contributed by atoms with Crippen LogP contribution in [0, 0.1) is 5.82 Å². The van der Waals surface area contributed by atoms with E-state index in [0.717, 1.165) is 25.2 Å². The number of rotatable bonds is 6. The van der Waals surface area contributed by atoms with E-state index < -0.39 is 15.8 Å². The molecule has 146 valence electrons. The minimum Gasteiger partial charge on any atom is -0.349 e. The molecule has 1 aliphatic rings. The first-order chi connectivity index (χ1) is 13.5. The molecule has 0 spiro atoms. The van der Waals surface area contributed by atoms with Crippen LogP contribution in [-0.2, 0) is 29.7 Å². The summed E-state index contributed by atoms with van der Waals surface area (Å²) in [7, 11) is -3.69. The molecule has 0 saturated heterocycles. The number of hydrogen-bond donors (Lipinski definition) is 1. The van der Waals surface area contributed by atoms with Crippen molar-refractivity contribution in [1.82, 2.24) is 14.2 Å². The summed E-state index contributed by atoms with van der Waals surface area (Å²) in [6.07, 6.45) is 2.02. The molecule has 3 aromatic rings. The molecule has 0 fully saturated rings. The molecule has 0 amide bonds. The van der Waals surface area contributed by atoms with Crippen LogP contribution in [-0.4, -0.2) is 30.5 Å². The van der Waals surface area contributed by atoms with Crippen LogP contribution in [0.15, 0.2) is 77.8 Å². The van der Waals surface area contributed by atoms with Crippen LogP contribution < -0.4 is 4.72 Å². The van der Waals surface area contributed by atoms with Gasteiger partial charge in [0, 0.05) is 44.1 Å². The first kappa shape index (κ1) is 18.9. The van der Waals surface area contributed by atoms with Crippen LogP contribution in [0.2, 0.25) is 0 Å². The fraction of sp³-hybridized carbons (Fsp3) is 0.238. The molecule has 0 radical (unpaired) electrons. The van der Waals surface area contributed by atoms with Gasteiger partial charge in [-0.2, -0.15) is 0 Å². The SMILES string of the molecule is O=S(=O)(NCC1Cn2cccc2CN1Cc1ccccc1)c1ccc(F)cc1. The van der Waals surface area contributed by atoms with Crippen LogP contribution in [0.4, 0.5) is 4.39 Å². The molecule has 7 heteroatoms. The second kappa shape index (κ2) is 7.87. The molecule has 1 aromatic heterocycles. The Morgan fingerprint density at radius 2 is 1.75 bits per heavy atom. The first-order valence-corrected chi connectivity index (χ1v) is 10.7. The summed E-state index contributed by atoms with van der Waals surface area (Å²) in [4.78, 5) is 2.36. The molecule has 28 heavy (non-hydrogen) atoms. The molecule has 0 aliphatic carbocycles. The lowest BCUT2D eigenvalue weighted by Crippen LogP contribution is -2.48. The van der Waals surface area contributed by atoms with Gasteiger partial charge in [-0.1, -0.05) is 30.3 Å². The molecular weight excluding hydrogens is 377 g/mol. The van der Waals surface area contributed by atoms with Gasteiger partial charge < -0.3 is 4.57 Å². The number of nitrogens with one attached hydrogen (secondary N) is 1. The average Bonchev–Trinajstić information content (AvgIpc) is 3.14. The van der Waals surface area contributed by atoms with E-state index in [1.165, 1.54) is 23.4 Å². The highest BCUT2D eigenvalue weighted by Crippen LogP contribution is 2.21. The molecular formula is C21H22FN3O2S. The van der Waals surface area contributed by atoms with Crippen molar-refractivity contribution in [3.05, 3.63) is 90.0 Å². The van der Waals surface area contributed by atoms with Crippen LogP contribution in [0.25, 0.3) is 0 Å². The minimum absolute atomic E-state index is 0.00956. The van der Waals surface area contributed by atoms with Gasteiger partial charge in [-0.05, 0) is 42.0 Å². The van der Waals surface area contributed by atoms with Gasteiger partial charge in [0.1, 0.15) is 5.82 Å². The van der Waals surface area contributed by atoms with Crippen molar-refractivity contribution in [2.24, 2.45) is 0 Å². The average molecular weight is 399 g/mol. The molecule has 1 unspecified atom stereocenters. The molecule has 2 heterocycles. The van der Waals surface area contributed by atoms with Crippen molar-refractivity contribution >= 4 is 10.0 Å². The number of benzene rings is 2.